The molecule has 0 aromatic carbocycles. The second-order valence-electron chi connectivity index (χ2n) is 17.5. The van der Waals surface area contributed by atoms with Crippen LogP contribution in [-0.2, 0) is 46.3 Å². The van der Waals surface area contributed by atoms with Gasteiger partial charge in [-0.25, -0.2) is 13.9 Å². The van der Waals surface area contributed by atoms with Gasteiger partial charge in [0.25, 0.3) is 0 Å². The van der Waals surface area contributed by atoms with Crippen LogP contribution in [0.1, 0.15) is 129 Å². The van der Waals surface area contributed by atoms with E-state index in [4.69, 9.17) is 29.0 Å². The number of nitrogens with zero attached hydrogens (tertiary/aromatic N) is 2. The molecule has 2 unspecified atom stereocenters. The number of aliphatic hydroxyl groups is 5. The molecule has 422 valence electrons. The standard InChI is InChI=1S/C52H81N3O18P2/c1-3-5-7-8-9-10-11-12-13-14-15-16-17-18-19-24-28-34-48(60)71-42(38-68-47(59)35-29-33-44(58)43(57)32-27-23-21-20-22-26-31-41(56)30-25-6-4-2)39-69-74(64,65)73-75(66,67)70-40-45-49(61)50(62)51(72-45)55-37-36-46(53)54-52(55)63/h6,9-10,12-13,15-16,20-23,25-27,31-32,36-37,41-45,49-51,56-58,61-62H,3-5,7-8,11,14,17-19,24,28-30,33-35,38-40H2,1-2H3,(H,64,65)(H,66,67)(H2,53,54,63)/b10-9-,13-12-,16-15-,22-20+,23-21-,25-6-,31-26+,32-27-/t41-,42-,43+,44+,45-,49-,50-,51-/m1/s1. The van der Waals surface area contributed by atoms with E-state index in [0.717, 1.165) is 55.7 Å². The van der Waals surface area contributed by atoms with Gasteiger partial charge in [0.15, 0.2) is 12.3 Å². The number of carbonyl (C=O) groups excluding carboxylic acids is 2. The Labute approximate surface area is 440 Å². The number of anilines is 1. The molecule has 0 amide bonds. The van der Waals surface area contributed by atoms with Gasteiger partial charge in [0.05, 0.1) is 31.5 Å². The Balaban J connectivity index is 1.90. The molecule has 2 heterocycles. The van der Waals surface area contributed by atoms with Gasteiger partial charge >= 0.3 is 33.3 Å². The minimum Gasteiger partial charge on any atom is -0.462 e. The van der Waals surface area contributed by atoms with Crippen LogP contribution in [-0.4, -0.2) is 119 Å². The summed E-state index contributed by atoms with van der Waals surface area (Å²) >= 11 is 0. The van der Waals surface area contributed by atoms with Crippen molar-refractivity contribution in [2.45, 2.75) is 172 Å². The first-order chi connectivity index (χ1) is 35.9. The van der Waals surface area contributed by atoms with Crippen LogP contribution < -0.4 is 11.4 Å². The van der Waals surface area contributed by atoms with Gasteiger partial charge in [-0.05, 0) is 76.7 Å². The summed E-state index contributed by atoms with van der Waals surface area (Å²) in [6.07, 6.45) is 31.3. The summed E-state index contributed by atoms with van der Waals surface area (Å²) in [5, 5.41) is 51.5. The highest BCUT2D eigenvalue weighted by Gasteiger charge is 2.46. The summed E-state index contributed by atoms with van der Waals surface area (Å²) < 4.78 is 56.5. The number of esters is 2. The van der Waals surface area contributed by atoms with E-state index in [1.54, 1.807) is 36.5 Å². The number of unbranched alkanes of at least 4 members (excludes halogenated alkanes) is 7. The molecular weight excluding hydrogens is 1020 g/mol. The SMILES string of the molecule is CC/C=C\C[C@@H](O)/C=C/C=C/C=C\C=C/[C@H](O)[C@@H](O)CCCC(=O)OC[C@H](COP(=O)(O)OP(=O)(O)OC[C@H]1O[C@@H](n2ccc(N)nc2=O)[C@H](O)[C@@H]1O)OC(=O)CCCCCC/C=C\C/C=C\C/C=C\CCCCC. The molecule has 1 aliphatic rings. The average molecular weight is 1100 g/mol. The lowest BCUT2D eigenvalue weighted by molar-refractivity contribution is -0.161. The zero-order valence-corrected chi connectivity index (χ0v) is 44.9. The molecule has 1 fully saturated rings. The number of rotatable bonds is 40. The highest BCUT2D eigenvalue weighted by Crippen LogP contribution is 2.60. The lowest BCUT2D eigenvalue weighted by atomic mass is 10.1. The molecule has 1 aliphatic heterocycles. The topological polar surface area (TPSA) is 326 Å². The van der Waals surface area contributed by atoms with Crippen LogP contribution in [0, 0.1) is 0 Å². The number of phosphoric ester groups is 2. The number of hydrogen-bond acceptors (Lipinski definition) is 18. The Bertz CT molecular complexity index is 2190. The van der Waals surface area contributed by atoms with Crippen molar-refractivity contribution in [3.8, 4) is 0 Å². The lowest BCUT2D eigenvalue weighted by Crippen LogP contribution is -2.36. The maximum Gasteiger partial charge on any atom is 0.481 e. The van der Waals surface area contributed by atoms with Crippen LogP contribution in [0.5, 0.6) is 0 Å². The van der Waals surface area contributed by atoms with Gasteiger partial charge in [-0.1, -0.05) is 137 Å². The van der Waals surface area contributed by atoms with Crippen LogP contribution >= 0.6 is 15.6 Å². The minimum atomic E-state index is -5.51. The van der Waals surface area contributed by atoms with Crippen LogP contribution in [0.3, 0.4) is 0 Å². The first-order valence-corrected chi connectivity index (χ1v) is 28.6. The molecule has 0 spiro atoms. The number of carbonyl (C=O) groups is 2. The highest BCUT2D eigenvalue weighted by molar-refractivity contribution is 7.61. The quantitative estimate of drug-likeness (QED) is 0.0105. The summed E-state index contributed by atoms with van der Waals surface area (Å²) in [4.78, 5) is 62.0. The van der Waals surface area contributed by atoms with Gasteiger partial charge in [-0.15, -0.1) is 0 Å². The molecule has 0 radical (unpaired) electrons. The van der Waals surface area contributed by atoms with E-state index < -0.39 is 102 Å². The Hall–Kier alpha value is -4.44. The van der Waals surface area contributed by atoms with Crippen LogP contribution in [0.4, 0.5) is 5.82 Å². The Kier molecular flexibility index (Phi) is 34.7. The van der Waals surface area contributed by atoms with Gasteiger partial charge < -0.3 is 55.3 Å². The van der Waals surface area contributed by atoms with E-state index >= 15 is 0 Å². The minimum absolute atomic E-state index is 0.00127. The maximum atomic E-state index is 12.9. The first kappa shape index (κ1) is 66.7. The molecular formula is C52H81N3O18P2. The van der Waals surface area contributed by atoms with E-state index in [1.165, 1.54) is 37.5 Å². The van der Waals surface area contributed by atoms with Crippen molar-refractivity contribution in [3.63, 3.8) is 0 Å². The number of allylic oxidation sites excluding steroid dienone is 13. The molecule has 0 bridgehead atoms. The maximum absolute atomic E-state index is 12.9. The van der Waals surface area contributed by atoms with Crippen molar-refractivity contribution in [1.82, 2.24) is 9.55 Å². The largest absolute Gasteiger partial charge is 0.481 e. The average Bonchev–Trinajstić information content (AvgIpc) is 3.64. The summed E-state index contributed by atoms with van der Waals surface area (Å²) in [5.41, 5.74) is 4.55. The molecule has 1 aromatic rings. The molecule has 9 N–H and O–H groups in total. The monoisotopic (exact) mass is 1100 g/mol. The van der Waals surface area contributed by atoms with E-state index in [-0.39, 0.29) is 31.5 Å². The Morgan fingerprint density at radius 1 is 0.760 bits per heavy atom. The van der Waals surface area contributed by atoms with Crippen LogP contribution in [0.25, 0.3) is 0 Å². The number of hydrogen-bond donors (Lipinski definition) is 8. The van der Waals surface area contributed by atoms with Crippen molar-refractivity contribution in [3.05, 3.63) is 120 Å². The third kappa shape index (κ3) is 31.4. The number of nitrogens with two attached hydrogens (primary N) is 1. The number of aromatic nitrogens is 2. The normalized spacial score (nSPS) is 20.9. The van der Waals surface area contributed by atoms with Crippen molar-refractivity contribution in [2.75, 3.05) is 25.6 Å². The third-order valence-corrected chi connectivity index (χ3v) is 13.6. The molecule has 1 aromatic heterocycles. The van der Waals surface area contributed by atoms with Gasteiger partial charge in [0.1, 0.15) is 30.7 Å². The van der Waals surface area contributed by atoms with Crippen molar-refractivity contribution < 1.29 is 81.6 Å². The van der Waals surface area contributed by atoms with Gasteiger partial charge in [0.2, 0.25) is 0 Å². The van der Waals surface area contributed by atoms with Crippen molar-refractivity contribution in [2.24, 2.45) is 0 Å². The number of phosphoric acid groups is 2. The fraction of sp³-hybridized carbons (Fsp3) is 0.577. The zero-order chi connectivity index (χ0) is 55.3. The molecule has 0 aliphatic carbocycles. The molecule has 1 saturated heterocycles. The van der Waals surface area contributed by atoms with Crippen LogP contribution in [0.15, 0.2) is 114 Å². The molecule has 75 heavy (non-hydrogen) atoms. The fourth-order valence-electron chi connectivity index (χ4n) is 6.90. The summed E-state index contributed by atoms with van der Waals surface area (Å²) in [5.74, 6) is -1.69. The Morgan fingerprint density at radius 3 is 2.04 bits per heavy atom. The predicted octanol–water partition coefficient (Wildman–Crippen LogP) is 7.35. The fourth-order valence-corrected chi connectivity index (χ4v) is 9.01. The van der Waals surface area contributed by atoms with Crippen LogP contribution in [0.2, 0.25) is 0 Å². The van der Waals surface area contributed by atoms with Gasteiger partial charge in [-0.3, -0.25) is 23.2 Å². The smallest absolute Gasteiger partial charge is 0.462 e. The third-order valence-electron chi connectivity index (χ3n) is 11.0. The van der Waals surface area contributed by atoms with Crippen molar-refractivity contribution >= 4 is 33.4 Å². The molecule has 0 saturated carbocycles. The number of nitrogen functional groups attached to an aromatic ring is 1. The van der Waals surface area contributed by atoms with E-state index in [1.807, 2.05) is 19.1 Å². The summed E-state index contributed by atoms with van der Waals surface area (Å²) in [7, 11) is -11.0. The van der Waals surface area contributed by atoms with Gasteiger partial charge in [0, 0.05) is 19.0 Å². The summed E-state index contributed by atoms with van der Waals surface area (Å²) in [6, 6.07) is 1.22. The number of aliphatic hydroxyl groups excluding tert-OH is 5. The second kappa shape index (κ2) is 39.0. The number of ether oxygens (including phenoxy) is 3. The lowest BCUT2D eigenvalue weighted by Gasteiger charge is -2.21. The van der Waals surface area contributed by atoms with Crippen molar-refractivity contribution in [1.29, 1.82) is 0 Å². The van der Waals surface area contributed by atoms with Gasteiger partial charge in [-0.2, -0.15) is 9.29 Å². The Morgan fingerprint density at radius 2 is 1.37 bits per heavy atom. The zero-order valence-electron chi connectivity index (χ0n) is 43.1. The molecule has 2 rings (SSSR count). The van der Waals surface area contributed by atoms with E-state index in [9.17, 15) is 58.8 Å². The summed E-state index contributed by atoms with van der Waals surface area (Å²) in [6.45, 7) is 1.56. The molecule has 23 heteroatoms. The highest BCUT2D eigenvalue weighted by atomic mass is 31.3. The van der Waals surface area contributed by atoms with E-state index in [2.05, 4.69) is 52.7 Å². The first-order valence-electron chi connectivity index (χ1n) is 25.6. The molecule has 21 nitrogen and oxygen atoms in total. The van der Waals surface area contributed by atoms with E-state index in [0.29, 0.717) is 19.3 Å². The molecule has 10 atom stereocenters. The second-order valence-corrected chi connectivity index (χ2v) is 20.5. The predicted molar refractivity (Wildman–Crippen MR) is 283 cm³/mol.